The van der Waals surface area contributed by atoms with Gasteiger partial charge in [-0.15, -0.1) is 0 Å². The molecule has 1 rings (SSSR count). The molecule has 0 radical (unpaired) electrons. The summed E-state index contributed by atoms with van der Waals surface area (Å²) in [5.41, 5.74) is -0.992. The number of hydrogen-bond acceptors (Lipinski definition) is 2. The molecule has 56 valence electrons. The summed E-state index contributed by atoms with van der Waals surface area (Å²) in [7, 11) is 0. The summed E-state index contributed by atoms with van der Waals surface area (Å²) >= 11 is 0. The molecule has 0 saturated heterocycles. The zero-order valence-electron chi connectivity index (χ0n) is 6.46. The van der Waals surface area contributed by atoms with Crippen molar-refractivity contribution in [2.45, 2.75) is 32.3 Å². The van der Waals surface area contributed by atoms with E-state index >= 15 is 0 Å². The van der Waals surface area contributed by atoms with Crippen LogP contribution in [0.4, 0.5) is 0 Å². The first-order chi connectivity index (χ1) is 4.60. The van der Waals surface area contributed by atoms with E-state index in [1.54, 1.807) is 0 Å². The molecule has 0 aliphatic heterocycles. The van der Waals surface area contributed by atoms with Crippen LogP contribution < -0.4 is 0 Å². The Balaban J connectivity index is 2.60. The molecular formula is C8H13NO. The van der Waals surface area contributed by atoms with E-state index in [1.165, 1.54) is 0 Å². The van der Waals surface area contributed by atoms with Gasteiger partial charge in [0.25, 0.3) is 0 Å². The second-order valence-corrected chi connectivity index (χ2v) is 3.43. The molecule has 2 atom stereocenters. The average Bonchev–Trinajstić information content (AvgIpc) is 1.83. The number of hydrogen-bond donors (Lipinski definition) is 1. The molecule has 1 N–H and O–H groups in total. The predicted octanol–water partition coefficient (Wildman–Crippen LogP) is 1.31. The lowest BCUT2D eigenvalue weighted by Crippen LogP contribution is -2.48. The molecule has 2 heteroatoms. The van der Waals surface area contributed by atoms with Crippen LogP contribution in [0.15, 0.2) is 0 Å². The number of nitrogens with zero attached hydrogens (tertiary/aromatic N) is 1. The maximum absolute atomic E-state index is 9.49. The molecule has 2 nitrogen and oxygen atoms in total. The molecule has 0 bridgehead atoms. The first-order valence-corrected chi connectivity index (χ1v) is 3.74. The highest BCUT2D eigenvalue weighted by atomic mass is 16.3. The maximum Gasteiger partial charge on any atom is 0.154 e. The van der Waals surface area contributed by atoms with Crippen molar-refractivity contribution in [1.29, 1.82) is 5.26 Å². The number of nitriles is 1. The largest absolute Gasteiger partial charge is 0.375 e. The average molecular weight is 139 g/mol. The third-order valence-corrected chi connectivity index (χ3v) is 2.45. The van der Waals surface area contributed by atoms with Crippen LogP contribution >= 0.6 is 0 Å². The van der Waals surface area contributed by atoms with Gasteiger partial charge in [0.15, 0.2) is 5.60 Å². The fourth-order valence-electron chi connectivity index (χ4n) is 1.61. The van der Waals surface area contributed by atoms with Gasteiger partial charge in [-0.1, -0.05) is 13.8 Å². The second-order valence-electron chi connectivity index (χ2n) is 3.43. The van der Waals surface area contributed by atoms with Crippen molar-refractivity contribution in [3.8, 4) is 6.07 Å². The molecule has 0 aromatic carbocycles. The topological polar surface area (TPSA) is 44.0 Å². The lowest BCUT2D eigenvalue weighted by atomic mass is 9.65. The van der Waals surface area contributed by atoms with E-state index in [-0.39, 0.29) is 5.92 Å². The normalized spacial score (nSPS) is 38.9. The Morgan fingerprint density at radius 3 is 2.40 bits per heavy atom. The highest BCUT2D eigenvalue weighted by Crippen LogP contribution is 2.42. The minimum absolute atomic E-state index is 0.206. The van der Waals surface area contributed by atoms with Crippen molar-refractivity contribution in [3.63, 3.8) is 0 Å². The van der Waals surface area contributed by atoms with E-state index in [2.05, 4.69) is 0 Å². The zero-order chi connectivity index (χ0) is 7.78. The van der Waals surface area contributed by atoms with E-state index in [0.717, 1.165) is 6.42 Å². The molecule has 1 aliphatic carbocycles. The van der Waals surface area contributed by atoms with Crippen LogP contribution in [-0.4, -0.2) is 10.7 Å². The molecule has 0 aromatic rings. The van der Waals surface area contributed by atoms with Crippen LogP contribution in [0.2, 0.25) is 0 Å². The Bertz CT molecular complexity index is 171. The Morgan fingerprint density at radius 2 is 2.30 bits per heavy atom. The first kappa shape index (κ1) is 7.56. The molecule has 2 unspecified atom stereocenters. The summed E-state index contributed by atoms with van der Waals surface area (Å²) < 4.78 is 0. The summed E-state index contributed by atoms with van der Waals surface area (Å²) in [5, 5.41) is 18.1. The van der Waals surface area contributed by atoms with E-state index in [9.17, 15) is 5.11 Å². The number of rotatable bonds is 1. The molecule has 0 amide bonds. The van der Waals surface area contributed by atoms with E-state index in [1.807, 2.05) is 19.9 Å². The van der Waals surface area contributed by atoms with Crippen LogP contribution in [0.1, 0.15) is 26.7 Å². The van der Waals surface area contributed by atoms with Gasteiger partial charge in [-0.2, -0.15) is 5.26 Å². The van der Waals surface area contributed by atoms with Crippen LogP contribution in [0.5, 0.6) is 0 Å². The fraction of sp³-hybridized carbons (Fsp3) is 0.875. The van der Waals surface area contributed by atoms with Crippen LogP contribution in [0, 0.1) is 23.2 Å². The third-order valence-electron chi connectivity index (χ3n) is 2.45. The van der Waals surface area contributed by atoms with Gasteiger partial charge in [0.2, 0.25) is 0 Å². The summed E-state index contributed by atoms with van der Waals surface area (Å²) in [6, 6.07) is 1.96. The molecule has 0 heterocycles. The Hall–Kier alpha value is -0.550. The fourth-order valence-corrected chi connectivity index (χ4v) is 1.61. The molecule has 1 saturated carbocycles. The Kier molecular flexibility index (Phi) is 1.70. The van der Waals surface area contributed by atoms with E-state index in [0.29, 0.717) is 12.3 Å². The molecule has 1 fully saturated rings. The van der Waals surface area contributed by atoms with E-state index in [4.69, 9.17) is 5.26 Å². The van der Waals surface area contributed by atoms with Crippen LogP contribution in [-0.2, 0) is 0 Å². The van der Waals surface area contributed by atoms with Crippen molar-refractivity contribution in [2.24, 2.45) is 11.8 Å². The highest BCUT2D eigenvalue weighted by Gasteiger charge is 2.46. The minimum atomic E-state index is -0.992. The second kappa shape index (κ2) is 2.25. The summed E-state index contributed by atoms with van der Waals surface area (Å²) in [6.07, 6.45) is 1.66. The minimum Gasteiger partial charge on any atom is -0.375 e. The smallest absolute Gasteiger partial charge is 0.154 e. The van der Waals surface area contributed by atoms with Crippen molar-refractivity contribution in [3.05, 3.63) is 0 Å². The van der Waals surface area contributed by atoms with Gasteiger partial charge in [-0.25, -0.2) is 0 Å². The van der Waals surface area contributed by atoms with Gasteiger partial charge in [-0.3, -0.25) is 0 Å². The standard InChI is InChI=1S/C8H13NO/c1-6(2)7-3-4-8(7,10)5-9/h6-7,10H,3-4H2,1-2H3. The Labute approximate surface area is 61.5 Å². The predicted molar refractivity (Wildman–Crippen MR) is 38.1 cm³/mol. The third kappa shape index (κ3) is 0.911. The Morgan fingerprint density at radius 1 is 1.70 bits per heavy atom. The molecule has 0 spiro atoms. The van der Waals surface area contributed by atoms with Crippen molar-refractivity contribution in [2.75, 3.05) is 0 Å². The van der Waals surface area contributed by atoms with Gasteiger partial charge in [0.05, 0.1) is 6.07 Å². The van der Waals surface area contributed by atoms with Gasteiger partial charge in [0, 0.05) is 5.92 Å². The lowest BCUT2D eigenvalue weighted by Gasteiger charge is -2.42. The lowest BCUT2D eigenvalue weighted by molar-refractivity contribution is -0.0654. The van der Waals surface area contributed by atoms with Gasteiger partial charge < -0.3 is 5.11 Å². The summed E-state index contributed by atoms with van der Waals surface area (Å²) in [4.78, 5) is 0. The van der Waals surface area contributed by atoms with Crippen molar-refractivity contribution < 1.29 is 5.11 Å². The van der Waals surface area contributed by atoms with Crippen LogP contribution in [0.25, 0.3) is 0 Å². The van der Waals surface area contributed by atoms with Crippen molar-refractivity contribution >= 4 is 0 Å². The quantitative estimate of drug-likeness (QED) is 0.556. The number of aliphatic hydroxyl groups is 1. The zero-order valence-corrected chi connectivity index (χ0v) is 6.46. The molecule has 0 aromatic heterocycles. The van der Waals surface area contributed by atoms with Gasteiger partial charge >= 0.3 is 0 Å². The van der Waals surface area contributed by atoms with Crippen molar-refractivity contribution in [1.82, 2.24) is 0 Å². The van der Waals surface area contributed by atoms with Gasteiger partial charge in [-0.05, 0) is 18.8 Å². The van der Waals surface area contributed by atoms with Crippen LogP contribution in [0.3, 0.4) is 0 Å². The summed E-state index contributed by atoms with van der Waals surface area (Å²) in [6.45, 7) is 4.10. The first-order valence-electron chi connectivity index (χ1n) is 3.74. The summed E-state index contributed by atoms with van der Waals surface area (Å²) in [5.74, 6) is 0.635. The SMILES string of the molecule is CC(C)C1CCC1(O)C#N. The van der Waals surface area contributed by atoms with E-state index < -0.39 is 5.60 Å². The molecule has 1 aliphatic rings. The van der Waals surface area contributed by atoms with Gasteiger partial charge in [0.1, 0.15) is 0 Å². The monoisotopic (exact) mass is 139 g/mol. The molecule has 10 heavy (non-hydrogen) atoms. The molecular weight excluding hydrogens is 126 g/mol. The maximum atomic E-state index is 9.49. The highest BCUT2D eigenvalue weighted by molar-refractivity contribution is 5.11.